The number of aliphatic hydroxyl groups excluding tert-OH is 1. The van der Waals surface area contributed by atoms with Crippen LogP contribution in [-0.2, 0) is 4.79 Å². The summed E-state index contributed by atoms with van der Waals surface area (Å²) in [6.07, 6.45) is 8.48. The van der Waals surface area contributed by atoms with Gasteiger partial charge in [-0.25, -0.2) is 0 Å². The molecule has 2 fully saturated rings. The molecular formula is C16H29NO2. The molecule has 2 aliphatic rings. The molecule has 2 rings (SSSR count). The predicted molar refractivity (Wildman–Crippen MR) is 77.0 cm³/mol. The molecule has 0 aromatic rings. The molecule has 0 saturated heterocycles. The summed E-state index contributed by atoms with van der Waals surface area (Å²) in [4.78, 5) is 14.8. The molecule has 0 bridgehead atoms. The zero-order valence-electron chi connectivity index (χ0n) is 12.5. The van der Waals surface area contributed by atoms with Crippen molar-refractivity contribution < 1.29 is 9.90 Å². The van der Waals surface area contributed by atoms with Gasteiger partial charge in [0.25, 0.3) is 0 Å². The fourth-order valence-corrected chi connectivity index (χ4v) is 3.80. The van der Waals surface area contributed by atoms with Gasteiger partial charge in [-0.1, -0.05) is 33.1 Å². The number of carbonyl (C=O) groups is 1. The highest BCUT2D eigenvalue weighted by Gasteiger charge is 2.41. The van der Waals surface area contributed by atoms with Crippen molar-refractivity contribution in [1.29, 1.82) is 0 Å². The Balaban J connectivity index is 1.95. The molecule has 110 valence electrons. The van der Waals surface area contributed by atoms with Crippen LogP contribution in [0.5, 0.6) is 0 Å². The van der Waals surface area contributed by atoms with Crippen LogP contribution >= 0.6 is 0 Å². The summed E-state index contributed by atoms with van der Waals surface area (Å²) in [5, 5.41) is 9.28. The van der Waals surface area contributed by atoms with E-state index in [0.29, 0.717) is 11.8 Å². The molecule has 0 heterocycles. The lowest BCUT2D eigenvalue weighted by atomic mass is 9.88. The molecule has 0 spiro atoms. The Labute approximate surface area is 117 Å². The number of aliphatic hydroxyl groups is 1. The summed E-state index contributed by atoms with van der Waals surface area (Å²) in [6.45, 7) is 5.96. The van der Waals surface area contributed by atoms with Crippen LogP contribution < -0.4 is 0 Å². The topological polar surface area (TPSA) is 40.5 Å². The molecule has 0 aliphatic heterocycles. The number of nitrogens with zero attached hydrogens (tertiary/aromatic N) is 1. The summed E-state index contributed by atoms with van der Waals surface area (Å²) in [6, 6.07) is 0.595. The average Bonchev–Trinajstić information content (AvgIpc) is 2.66. The average molecular weight is 267 g/mol. The van der Waals surface area contributed by atoms with Crippen LogP contribution in [0.1, 0.15) is 58.8 Å². The van der Waals surface area contributed by atoms with Crippen molar-refractivity contribution in [3.05, 3.63) is 0 Å². The molecule has 2 aliphatic carbocycles. The van der Waals surface area contributed by atoms with Crippen molar-refractivity contribution in [1.82, 2.24) is 4.90 Å². The second-order valence-electron chi connectivity index (χ2n) is 6.99. The lowest BCUT2D eigenvalue weighted by Crippen LogP contribution is -2.43. The molecule has 2 saturated carbocycles. The van der Waals surface area contributed by atoms with Crippen LogP contribution in [-0.4, -0.2) is 41.5 Å². The molecule has 1 N–H and O–H groups in total. The summed E-state index contributed by atoms with van der Waals surface area (Å²) >= 11 is 0. The number of hydrogen-bond donors (Lipinski definition) is 1. The fourth-order valence-electron chi connectivity index (χ4n) is 3.80. The number of carbonyl (C=O) groups excluding carboxylic acids is 1. The summed E-state index contributed by atoms with van der Waals surface area (Å²) in [5.74, 6) is 0.634. The zero-order chi connectivity index (χ0) is 13.9. The van der Waals surface area contributed by atoms with E-state index >= 15 is 0 Å². The van der Waals surface area contributed by atoms with Crippen molar-refractivity contribution in [2.45, 2.75) is 64.8 Å². The van der Waals surface area contributed by atoms with Gasteiger partial charge in [-0.05, 0) is 25.7 Å². The maximum absolute atomic E-state index is 12.4. The van der Waals surface area contributed by atoms with Crippen molar-refractivity contribution in [3.63, 3.8) is 0 Å². The van der Waals surface area contributed by atoms with E-state index in [-0.39, 0.29) is 17.9 Å². The second kappa shape index (κ2) is 6.36. The van der Waals surface area contributed by atoms with Crippen LogP contribution in [0.15, 0.2) is 0 Å². The van der Waals surface area contributed by atoms with E-state index < -0.39 is 0 Å². The number of hydrogen-bond acceptors (Lipinski definition) is 3. The van der Waals surface area contributed by atoms with E-state index in [9.17, 15) is 9.90 Å². The van der Waals surface area contributed by atoms with Gasteiger partial charge in [-0.15, -0.1) is 0 Å². The van der Waals surface area contributed by atoms with E-state index in [4.69, 9.17) is 0 Å². The van der Waals surface area contributed by atoms with E-state index in [0.717, 1.165) is 25.9 Å². The molecular weight excluding hydrogens is 238 g/mol. The largest absolute Gasteiger partial charge is 0.395 e. The van der Waals surface area contributed by atoms with Crippen LogP contribution in [0.4, 0.5) is 0 Å². The van der Waals surface area contributed by atoms with Gasteiger partial charge >= 0.3 is 0 Å². The Morgan fingerprint density at radius 2 is 1.89 bits per heavy atom. The maximum Gasteiger partial charge on any atom is 0.142 e. The second-order valence-corrected chi connectivity index (χ2v) is 6.99. The standard InChI is InChI=1S/C16H29NO2/c1-16(2)9-8-13(15(16)19)12-17(10-11-18)14-6-4-3-5-7-14/h13-14,18H,3-12H2,1-2H3. The van der Waals surface area contributed by atoms with Gasteiger partial charge in [0.15, 0.2) is 0 Å². The quantitative estimate of drug-likeness (QED) is 0.832. The highest BCUT2D eigenvalue weighted by Crippen LogP contribution is 2.38. The van der Waals surface area contributed by atoms with Gasteiger partial charge < -0.3 is 5.11 Å². The van der Waals surface area contributed by atoms with Gasteiger partial charge in [-0.2, -0.15) is 0 Å². The van der Waals surface area contributed by atoms with Gasteiger partial charge in [0, 0.05) is 30.5 Å². The minimum absolute atomic E-state index is 0.123. The van der Waals surface area contributed by atoms with E-state index in [1.54, 1.807) is 0 Å². The minimum Gasteiger partial charge on any atom is -0.395 e. The smallest absolute Gasteiger partial charge is 0.142 e. The summed E-state index contributed by atoms with van der Waals surface area (Å²) in [5.41, 5.74) is -0.123. The highest BCUT2D eigenvalue weighted by atomic mass is 16.3. The first-order chi connectivity index (χ1) is 9.04. The summed E-state index contributed by atoms with van der Waals surface area (Å²) in [7, 11) is 0. The Kier molecular flexibility index (Phi) is 5.02. The van der Waals surface area contributed by atoms with Crippen LogP contribution in [0.3, 0.4) is 0 Å². The van der Waals surface area contributed by atoms with Crippen LogP contribution in [0, 0.1) is 11.3 Å². The highest BCUT2D eigenvalue weighted by molar-refractivity contribution is 5.88. The van der Waals surface area contributed by atoms with Crippen molar-refractivity contribution in [2.24, 2.45) is 11.3 Å². The monoisotopic (exact) mass is 267 g/mol. The van der Waals surface area contributed by atoms with Gasteiger partial charge in [0.2, 0.25) is 0 Å². The van der Waals surface area contributed by atoms with Gasteiger partial charge in [-0.3, -0.25) is 9.69 Å². The van der Waals surface area contributed by atoms with Crippen molar-refractivity contribution in [3.8, 4) is 0 Å². The summed E-state index contributed by atoms with van der Waals surface area (Å²) < 4.78 is 0. The van der Waals surface area contributed by atoms with Crippen LogP contribution in [0.25, 0.3) is 0 Å². The van der Waals surface area contributed by atoms with Gasteiger partial charge in [0.05, 0.1) is 6.61 Å². The third-order valence-corrected chi connectivity index (χ3v) is 5.09. The molecule has 1 atom stereocenters. The molecule has 3 heteroatoms. The van der Waals surface area contributed by atoms with Crippen molar-refractivity contribution >= 4 is 5.78 Å². The Bertz CT molecular complexity index is 308. The van der Waals surface area contributed by atoms with Crippen LogP contribution in [0.2, 0.25) is 0 Å². The lowest BCUT2D eigenvalue weighted by molar-refractivity contribution is -0.128. The third-order valence-electron chi connectivity index (χ3n) is 5.09. The Morgan fingerprint density at radius 3 is 2.42 bits per heavy atom. The normalized spacial score (nSPS) is 28.2. The fraction of sp³-hybridized carbons (Fsp3) is 0.938. The number of rotatable bonds is 5. The number of ketones is 1. The van der Waals surface area contributed by atoms with E-state index in [1.165, 1.54) is 32.1 Å². The van der Waals surface area contributed by atoms with E-state index in [2.05, 4.69) is 18.7 Å². The molecule has 3 nitrogen and oxygen atoms in total. The van der Waals surface area contributed by atoms with Gasteiger partial charge in [0.1, 0.15) is 5.78 Å². The zero-order valence-corrected chi connectivity index (χ0v) is 12.5. The predicted octanol–water partition coefficient (Wildman–Crippen LogP) is 2.62. The molecule has 0 aromatic carbocycles. The molecule has 1 unspecified atom stereocenters. The minimum atomic E-state index is -0.123. The first kappa shape index (κ1) is 15.0. The Hall–Kier alpha value is -0.410. The van der Waals surface area contributed by atoms with Crippen molar-refractivity contribution in [2.75, 3.05) is 19.7 Å². The Morgan fingerprint density at radius 1 is 1.21 bits per heavy atom. The number of Topliss-reactive ketones (excluding diaryl/α,β-unsaturated/α-hetero) is 1. The molecule has 19 heavy (non-hydrogen) atoms. The molecule has 0 radical (unpaired) electrons. The maximum atomic E-state index is 12.4. The third kappa shape index (κ3) is 3.57. The SMILES string of the molecule is CC1(C)CCC(CN(CCO)C2CCCCC2)C1=O. The first-order valence-corrected chi connectivity index (χ1v) is 7.94. The van der Waals surface area contributed by atoms with E-state index in [1.807, 2.05) is 0 Å². The lowest BCUT2D eigenvalue weighted by Gasteiger charge is -2.35. The molecule has 0 aromatic heterocycles. The first-order valence-electron chi connectivity index (χ1n) is 7.94. The molecule has 0 amide bonds.